The zero-order valence-electron chi connectivity index (χ0n) is 23.7. The number of carbonyl (C=O) groups is 2. The lowest BCUT2D eigenvalue weighted by molar-refractivity contribution is -0.114. The van der Waals surface area contributed by atoms with Gasteiger partial charge in [0.2, 0.25) is 11.8 Å². The molecule has 4 rings (SSSR count). The summed E-state index contributed by atoms with van der Waals surface area (Å²) in [5, 5.41) is 13.0. The normalized spacial score (nSPS) is 10.5. The van der Waals surface area contributed by atoms with E-state index in [1.807, 2.05) is 50.2 Å². The van der Waals surface area contributed by atoms with Crippen molar-refractivity contribution in [3.05, 3.63) is 106 Å². The van der Waals surface area contributed by atoms with Crippen molar-refractivity contribution in [2.45, 2.75) is 13.8 Å². The van der Waals surface area contributed by atoms with Gasteiger partial charge in [-0.3, -0.25) is 9.59 Å². The van der Waals surface area contributed by atoms with Crippen LogP contribution < -0.4 is 21.3 Å². The Morgan fingerprint density at radius 3 is 1.34 bits per heavy atom. The number of hydrogen-bond donors (Lipinski definition) is 4. The summed E-state index contributed by atoms with van der Waals surface area (Å²) < 4.78 is 0.994. The van der Waals surface area contributed by atoms with E-state index in [1.54, 1.807) is 36.4 Å². The molecule has 6 nitrogen and oxygen atoms in total. The standard InChI is InChI=1S/C32H28Cl2N4O2S4/c1-19-15-21(11-13-25(19)37-31(41)43-17-29(39)35-27-9-5-3-7-23(27)33)22-12-14-26(20(2)16-22)38-32(42)44-18-30(40)36-28-10-6-4-8-24(28)34/h3-16H,17-18H2,1-2H3,(H,35,39)(H,36,40)(H,37,41)(H,38,42). The van der Waals surface area contributed by atoms with Crippen molar-refractivity contribution in [1.82, 2.24) is 0 Å². The van der Waals surface area contributed by atoms with Crippen LogP contribution in [0.1, 0.15) is 11.1 Å². The summed E-state index contributed by atoms with van der Waals surface area (Å²) in [5.41, 5.74) is 7.00. The molecule has 0 saturated heterocycles. The summed E-state index contributed by atoms with van der Waals surface area (Å²) in [6.07, 6.45) is 0. The van der Waals surface area contributed by atoms with Gasteiger partial charge in [0.1, 0.15) is 8.64 Å². The number of carbonyl (C=O) groups excluding carboxylic acids is 2. The first-order valence-electron chi connectivity index (χ1n) is 13.3. The molecule has 4 aromatic rings. The van der Waals surface area contributed by atoms with E-state index in [-0.39, 0.29) is 23.3 Å². The number of rotatable bonds is 9. The first-order valence-corrected chi connectivity index (χ1v) is 16.8. The monoisotopic (exact) mass is 698 g/mol. The van der Waals surface area contributed by atoms with Crippen molar-refractivity contribution in [3.8, 4) is 11.1 Å². The molecule has 0 aliphatic carbocycles. The van der Waals surface area contributed by atoms with Crippen molar-refractivity contribution in [1.29, 1.82) is 0 Å². The van der Waals surface area contributed by atoms with Gasteiger partial charge in [-0.25, -0.2) is 0 Å². The first-order chi connectivity index (χ1) is 21.1. The van der Waals surface area contributed by atoms with Crippen LogP contribution in [0.25, 0.3) is 11.1 Å². The number of halogens is 2. The molecule has 0 aromatic heterocycles. The predicted octanol–water partition coefficient (Wildman–Crippen LogP) is 9.41. The van der Waals surface area contributed by atoms with Crippen molar-refractivity contribution >= 4 is 114 Å². The highest BCUT2D eigenvalue weighted by Gasteiger charge is 2.12. The Morgan fingerprint density at radius 2 is 0.977 bits per heavy atom. The average Bonchev–Trinajstić information content (AvgIpc) is 2.99. The molecule has 0 aliphatic rings. The van der Waals surface area contributed by atoms with E-state index < -0.39 is 0 Å². The van der Waals surface area contributed by atoms with Crippen molar-refractivity contribution in [3.63, 3.8) is 0 Å². The molecule has 4 N–H and O–H groups in total. The van der Waals surface area contributed by atoms with E-state index in [4.69, 9.17) is 47.6 Å². The van der Waals surface area contributed by atoms with Gasteiger partial charge in [-0.15, -0.1) is 0 Å². The van der Waals surface area contributed by atoms with E-state index in [0.717, 1.165) is 33.6 Å². The lowest BCUT2D eigenvalue weighted by Gasteiger charge is -2.14. The van der Waals surface area contributed by atoms with Crippen LogP contribution in [0.4, 0.5) is 22.7 Å². The van der Waals surface area contributed by atoms with Gasteiger partial charge in [0.05, 0.1) is 32.9 Å². The van der Waals surface area contributed by atoms with Crippen LogP contribution in [-0.4, -0.2) is 32.0 Å². The van der Waals surface area contributed by atoms with Gasteiger partial charge >= 0.3 is 0 Å². The van der Waals surface area contributed by atoms with E-state index in [2.05, 4.69) is 33.4 Å². The highest BCUT2D eigenvalue weighted by Crippen LogP contribution is 2.29. The van der Waals surface area contributed by atoms with E-state index in [0.29, 0.717) is 30.1 Å². The van der Waals surface area contributed by atoms with Crippen LogP contribution in [0.3, 0.4) is 0 Å². The molecule has 0 unspecified atom stereocenters. The Hall–Kier alpha value is -3.12. The Balaban J connectivity index is 1.27. The van der Waals surface area contributed by atoms with Gasteiger partial charge < -0.3 is 21.3 Å². The number of nitrogens with one attached hydrogen (secondary N) is 4. The molecule has 0 atom stereocenters. The Bertz CT molecular complexity index is 1590. The minimum absolute atomic E-state index is 0.158. The third-order valence-electron chi connectivity index (χ3n) is 6.22. The quantitative estimate of drug-likeness (QED) is 0.129. The zero-order chi connectivity index (χ0) is 31.6. The lowest BCUT2D eigenvalue weighted by atomic mass is 10.00. The van der Waals surface area contributed by atoms with Gasteiger partial charge in [0.25, 0.3) is 0 Å². The Morgan fingerprint density at radius 1 is 0.591 bits per heavy atom. The summed E-state index contributed by atoms with van der Waals surface area (Å²) in [5.74, 6) is -0.0614. The van der Waals surface area contributed by atoms with E-state index in [9.17, 15) is 9.59 Å². The number of aryl methyl sites for hydroxylation is 2. The van der Waals surface area contributed by atoms with Gasteiger partial charge in [-0.2, -0.15) is 0 Å². The average molecular weight is 700 g/mol. The second-order valence-electron chi connectivity index (χ2n) is 9.52. The third kappa shape index (κ3) is 9.95. The smallest absolute Gasteiger partial charge is 0.234 e. The molecule has 2 amide bonds. The molecule has 0 saturated carbocycles. The number of hydrogen-bond acceptors (Lipinski definition) is 6. The molecule has 0 bridgehead atoms. The number of thiocarbonyl (C=S) groups is 2. The lowest BCUT2D eigenvalue weighted by Crippen LogP contribution is -2.17. The first kappa shape index (κ1) is 33.8. The Labute approximate surface area is 286 Å². The van der Waals surface area contributed by atoms with Crippen LogP contribution in [0, 0.1) is 13.8 Å². The molecule has 0 radical (unpaired) electrons. The molecule has 0 fully saturated rings. The van der Waals surface area contributed by atoms with Crippen LogP contribution in [0.5, 0.6) is 0 Å². The second kappa shape index (κ2) is 16.3. The Kier molecular flexibility index (Phi) is 12.5. The van der Waals surface area contributed by atoms with Crippen LogP contribution >= 0.6 is 71.2 Å². The molecule has 226 valence electrons. The van der Waals surface area contributed by atoms with Crippen molar-refractivity contribution in [2.75, 3.05) is 32.8 Å². The van der Waals surface area contributed by atoms with Gasteiger partial charge in [-0.05, 0) is 84.6 Å². The molecular formula is C32H28Cl2N4O2S4. The van der Waals surface area contributed by atoms with E-state index in [1.165, 1.54) is 23.5 Å². The molecule has 44 heavy (non-hydrogen) atoms. The minimum atomic E-state index is -0.189. The van der Waals surface area contributed by atoms with E-state index >= 15 is 0 Å². The molecule has 12 heteroatoms. The van der Waals surface area contributed by atoms with Crippen LogP contribution in [0.2, 0.25) is 10.0 Å². The maximum absolute atomic E-state index is 12.3. The number of para-hydroxylation sites is 2. The zero-order valence-corrected chi connectivity index (χ0v) is 28.5. The highest BCUT2D eigenvalue weighted by atomic mass is 35.5. The molecule has 0 heterocycles. The summed E-state index contributed by atoms with van der Waals surface area (Å²) in [6, 6.07) is 26.3. The van der Waals surface area contributed by atoms with Gasteiger partial charge in [0.15, 0.2) is 0 Å². The van der Waals surface area contributed by atoms with Crippen molar-refractivity contribution < 1.29 is 9.59 Å². The summed E-state index contributed by atoms with van der Waals surface area (Å²) in [6.45, 7) is 4.01. The third-order valence-corrected chi connectivity index (χ3v) is 9.34. The second-order valence-corrected chi connectivity index (χ2v) is 13.6. The number of anilines is 4. The SMILES string of the molecule is Cc1cc(-c2ccc(NC(=S)SCC(=O)Nc3ccccc3Cl)c(C)c2)ccc1NC(=S)SCC(=O)Nc1ccccc1Cl. The predicted molar refractivity (Wildman–Crippen MR) is 199 cm³/mol. The van der Waals surface area contributed by atoms with Crippen molar-refractivity contribution in [2.24, 2.45) is 0 Å². The van der Waals surface area contributed by atoms with Crippen LogP contribution in [0.15, 0.2) is 84.9 Å². The maximum Gasteiger partial charge on any atom is 0.234 e. The number of amides is 2. The van der Waals surface area contributed by atoms with Gasteiger partial charge in [-0.1, -0.05) is 108 Å². The molecule has 0 aliphatic heterocycles. The number of thioether (sulfide) groups is 2. The molecular weight excluding hydrogens is 672 g/mol. The summed E-state index contributed by atoms with van der Waals surface area (Å²) in [4.78, 5) is 24.6. The fourth-order valence-corrected chi connectivity index (χ4v) is 5.99. The van der Waals surface area contributed by atoms with Gasteiger partial charge in [0, 0.05) is 11.4 Å². The largest absolute Gasteiger partial charge is 0.341 e. The summed E-state index contributed by atoms with van der Waals surface area (Å²) >= 11 is 25.6. The number of benzene rings is 4. The topological polar surface area (TPSA) is 82.3 Å². The maximum atomic E-state index is 12.3. The minimum Gasteiger partial charge on any atom is -0.341 e. The molecule has 4 aromatic carbocycles. The fourth-order valence-electron chi connectivity index (χ4n) is 4.02. The highest BCUT2D eigenvalue weighted by molar-refractivity contribution is 8.24. The molecule has 0 spiro atoms. The van der Waals surface area contributed by atoms with Crippen LogP contribution in [-0.2, 0) is 9.59 Å². The fraction of sp³-hybridized carbons (Fsp3) is 0.125. The summed E-state index contributed by atoms with van der Waals surface area (Å²) in [7, 11) is 0.